The van der Waals surface area contributed by atoms with E-state index in [1.54, 1.807) is 37.4 Å². The van der Waals surface area contributed by atoms with Crippen LogP contribution in [0.15, 0.2) is 18.3 Å². The molecule has 0 bridgehead atoms. The van der Waals surface area contributed by atoms with Crippen LogP contribution in [0, 0.1) is 12.7 Å². The summed E-state index contributed by atoms with van der Waals surface area (Å²) < 4.78 is 21.0. The third-order valence-electron chi connectivity index (χ3n) is 3.95. The van der Waals surface area contributed by atoms with Crippen molar-refractivity contribution in [1.29, 1.82) is 0 Å². The fraction of sp³-hybridized carbons (Fsp3) is 0.500. The van der Waals surface area contributed by atoms with Crippen molar-refractivity contribution in [2.24, 2.45) is 0 Å². The SMILES string of the molecule is Cc1nc(C(C)(C)NOC(=O)[C@@H]2CNCCO2)n2cccc(F)c12. The van der Waals surface area contributed by atoms with E-state index in [9.17, 15) is 9.18 Å². The van der Waals surface area contributed by atoms with Crippen LogP contribution in [0.4, 0.5) is 4.39 Å². The molecule has 2 aromatic heterocycles. The van der Waals surface area contributed by atoms with Crippen molar-refractivity contribution >= 4 is 11.5 Å². The van der Waals surface area contributed by atoms with Crippen molar-refractivity contribution < 1.29 is 18.8 Å². The number of ether oxygens (including phenoxy) is 1. The maximum Gasteiger partial charge on any atom is 0.355 e. The number of nitrogens with zero attached hydrogens (tertiary/aromatic N) is 2. The molecular formula is C16H21FN4O3. The second-order valence-corrected chi connectivity index (χ2v) is 6.31. The molecule has 0 amide bonds. The summed E-state index contributed by atoms with van der Waals surface area (Å²) in [5.74, 6) is -0.299. The molecule has 0 saturated carbocycles. The number of hydrogen-bond donors (Lipinski definition) is 2. The minimum Gasteiger partial charge on any atom is -0.367 e. The van der Waals surface area contributed by atoms with Crippen molar-refractivity contribution in [1.82, 2.24) is 20.2 Å². The van der Waals surface area contributed by atoms with Gasteiger partial charge in [-0.3, -0.25) is 4.40 Å². The zero-order chi connectivity index (χ0) is 17.3. The molecular weight excluding hydrogens is 315 g/mol. The van der Waals surface area contributed by atoms with E-state index >= 15 is 0 Å². The molecule has 3 rings (SSSR count). The van der Waals surface area contributed by atoms with Gasteiger partial charge in [-0.05, 0) is 32.9 Å². The zero-order valence-electron chi connectivity index (χ0n) is 13.9. The van der Waals surface area contributed by atoms with E-state index in [-0.39, 0.29) is 5.82 Å². The molecule has 8 heteroatoms. The molecule has 2 N–H and O–H groups in total. The van der Waals surface area contributed by atoms with Gasteiger partial charge in [-0.15, -0.1) is 5.48 Å². The van der Waals surface area contributed by atoms with E-state index in [0.717, 1.165) is 0 Å². The van der Waals surface area contributed by atoms with Crippen molar-refractivity contribution in [2.75, 3.05) is 19.7 Å². The van der Waals surface area contributed by atoms with Gasteiger partial charge in [0.05, 0.1) is 12.3 Å². The molecule has 0 aliphatic carbocycles. The normalized spacial score (nSPS) is 18.8. The third kappa shape index (κ3) is 3.12. The fourth-order valence-electron chi connectivity index (χ4n) is 2.72. The summed E-state index contributed by atoms with van der Waals surface area (Å²) in [7, 11) is 0. The highest BCUT2D eigenvalue weighted by Gasteiger charge is 2.31. The number of carbonyl (C=O) groups is 1. The Kier molecular flexibility index (Phi) is 4.53. The summed E-state index contributed by atoms with van der Waals surface area (Å²) in [6.07, 6.45) is 1.09. The number of carbonyl (C=O) groups excluding carboxylic acids is 1. The Morgan fingerprint density at radius 2 is 2.38 bits per heavy atom. The van der Waals surface area contributed by atoms with Crippen LogP contribution in [0.3, 0.4) is 0 Å². The number of aryl methyl sites for hydroxylation is 1. The Balaban J connectivity index is 1.78. The maximum absolute atomic E-state index is 14.0. The molecule has 3 heterocycles. The molecule has 24 heavy (non-hydrogen) atoms. The topological polar surface area (TPSA) is 76.9 Å². The first-order chi connectivity index (χ1) is 11.4. The van der Waals surface area contributed by atoms with Crippen LogP contribution in [0.1, 0.15) is 25.4 Å². The predicted octanol–water partition coefficient (Wildman–Crippen LogP) is 1.05. The van der Waals surface area contributed by atoms with E-state index in [1.165, 1.54) is 6.07 Å². The lowest BCUT2D eigenvalue weighted by atomic mass is 10.1. The highest BCUT2D eigenvalue weighted by Crippen LogP contribution is 2.24. The highest BCUT2D eigenvalue weighted by atomic mass is 19.1. The number of hydroxylamine groups is 1. The molecule has 2 aromatic rings. The summed E-state index contributed by atoms with van der Waals surface area (Å²) in [6, 6.07) is 3.00. The number of imidazole rings is 1. The molecule has 1 aliphatic rings. The summed E-state index contributed by atoms with van der Waals surface area (Å²) >= 11 is 0. The number of hydrogen-bond acceptors (Lipinski definition) is 6. The maximum atomic E-state index is 14.0. The van der Waals surface area contributed by atoms with Crippen LogP contribution in [0.5, 0.6) is 0 Å². The summed E-state index contributed by atoms with van der Waals surface area (Å²) in [6.45, 7) is 6.95. The molecule has 0 unspecified atom stereocenters. The van der Waals surface area contributed by atoms with Gasteiger partial charge in [-0.1, -0.05) is 0 Å². The quantitative estimate of drug-likeness (QED) is 0.813. The van der Waals surface area contributed by atoms with E-state index in [4.69, 9.17) is 9.57 Å². The van der Waals surface area contributed by atoms with Crippen LogP contribution in [0.25, 0.3) is 5.52 Å². The summed E-state index contributed by atoms with van der Waals surface area (Å²) in [4.78, 5) is 21.7. The Labute approximate surface area is 139 Å². The predicted molar refractivity (Wildman–Crippen MR) is 84.8 cm³/mol. The fourth-order valence-corrected chi connectivity index (χ4v) is 2.72. The average molecular weight is 336 g/mol. The van der Waals surface area contributed by atoms with Gasteiger partial charge in [0.15, 0.2) is 6.10 Å². The molecule has 0 radical (unpaired) electrons. The lowest BCUT2D eigenvalue weighted by Gasteiger charge is -2.27. The third-order valence-corrected chi connectivity index (χ3v) is 3.95. The number of aromatic nitrogens is 2. The van der Waals surface area contributed by atoms with Gasteiger partial charge in [0.25, 0.3) is 0 Å². The molecule has 1 atom stereocenters. The van der Waals surface area contributed by atoms with Crippen molar-refractivity contribution in [3.63, 3.8) is 0 Å². The second kappa shape index (κ2) is 6.46. The van der Waals surface area contributed by atoms with Crippen LogP contribution in [0.2, 0.25) is 0 Å². The van der Waals surface area contributed by atoms with Gasteiger partial charge < -0.3 is 14.9 Å². The molecule has 130 valence electrons. The molecule has 1 aliphatic heterocycles. The monoisotopic (exact) mass is 336 g/mol. The van der Waals surface area contributed by atoms with Crippen LogP contribution < -0.4 is 10.8 Å². The molecule has 0 spiro atoms. The van der Waals surface area contributed by atoms with E-state index < -0.39 is 17.6 Å². The molecule has 7 nitrogen and oxygen atoms in total. The highest BCUT2D eigenvalue weighted by molar-refractivity contribution is 5.74. The first-order valence-corrected chi connectivity index (χ1v) is 7.84. The smallest absolute Gasteiger partial charge is 0.355 e. The Morgan fingerprint density at radius 3 is 3.08 bits per heavy atom. The van der Waals surface area contributed by atoms with Crippen LogP contribution in [-0.2, 0) is 19.9 Å². The van der Waals surface area contributed by atoms with Crippen LogP contribution in [-0.4, -0.2) is 41.2 Å². The lowest BCUT2D eigenvalue weighted by Crippen LogP contribution is -2.47. The minimum absolute atomic E-state index is 0.344. The first-order valence-electron chi connectivity index (χ1n) is 7.84. The largest absolute Gasteiger partial charge is 0.367 e. The number of halogens is 1. The minimum atomic E-state index is -0.817. The standard InChI is InChI=1S/C16H21FN4O3/c1-10-13-11(17)5-4-7-21(13)15(19-10)16(2,3)20-24-14(22)12-9-18-6-8-23-12/h4-5,7,12,18,20H,6,8-9H2,1-3H3/t12-/m0/s1. The van der Waals surface area contributed by atoms with Crippen molar-refractivity contribution in [2.45, 2.75) is 32.4 Å². The van der Waals surface area contributed by atoms with E-state index in [0.29, 0.717) is 36.7 Å². The Bertz CT molecular complexity index is 753. The second-order valence-electron chi connectivity index (χ2n) is 6.31. The Morgan fingerprint density at radius 1 is 1.58 bits per heavy atom. The molecule has 1 fully saturated rings. The zero-order valence-corrected chi connectivity index (χ0v) is 13.9. The van der Waals surface area contributed by atoms with Gasteiger partial charge in [-0.2, -0.15) is 0 Å². The van der Waals surface area contributed by atoms with Crippen LogP contribution >= 0.6 is 0 Å². The van der Waals surface area contributed by atoms with E-state index in [1.807, 2.05) is 0 Å². The summed E-state index contributed by atoms with van der Waals surface area (Å²) in [5, 5.41) is 3.07. The summed E-state index contributed by atoms with van der Waals surface area (Å²) in [5.41, 5.74) is 2.90. The lowest BCUT2D eigenvalue weighted by molar-refractivity contribution is -0.171. The van der Waals surface area contributed by atoms with E-state index in [2.05, 4.69) is 15.8 Å². The van der Waals surface area contributed by atoms with Gasteiger partial charge in [0, 0.05) is 19.3 Å². The average Bonchev–Trinajstić information content (AvgIpc) is 2.93. The Hall–Kier alpha value is -2.03. The first kappa shape index (κ1) is 16.8. The molecule has 0 aromatic carbocycles. The number of rotatable bonds is 4. The number of pyridine rings is 1. The van der Waals surface area contributed by atoms with Gasteiger partial charge >= 0.3 is 5.97 Å². The van der Waals surface area contributed by atoms with Crippen molar-refractivity contribution in [3.8, 4) is 0 Å². The number of nitrogens with one attached hydrogen (secondary N) is 2. The van der Waals surface area contributed by atoms with Gasteiger partial charge in [-0.25, -0.2) is 14.2 Å². The number of morpholine rings is 1. The number of fused-ring (bicyclic) bond motifs is 1. The van der Waals surface area contributed by atoms with Crippen molar-refractivity contribution in [3.05, 3.63) is 35.7 Å². The van der Waals surface area contributed by atoms with Gasteiger partial charge in [0.2, 0.25) is 0 Å². The molecule has 1 saturated heterocycles. The van der Waals surface area contributed by atoms with Gasteiger partial charge in [0.1, 0.15) is 22.7 Å².